The Balaban J connectivity index is 1.79. The van der Waals surface area contributed by atoms with Gasteiger partial charge in [-0.25, -0.2) is 0 Å². The van der Waals surface area contributed by atoms with Gasteiger partial charge in [0.05, 0.1) is 0 Å². The molecule has 0 heterocycles. The topological polar surface area (TPSA) is 12.0 Å². The van der Waals surface area contributed by atoms with Crippen molar-refractivity contribution in [3.8, 4) is 0 Å². The standard InChI is InChI=1S/C14H27N/c1-3-12-7-4-5-10-14(12)15-11(2)13-8-6-9-13/h11-15H,3-10H2,1-2H3. The lowest BCUT2D eigenvalue weighted by Crippen LogP contribution is -2.47. The summed E-state index contributed by atoms with van der Waals surface area (Å²) in [6, 6.07) is 1.61. The summed E-state index contributed by atoms with van der Waals surface area (Å²) >= 11 is 0. The molecule has 1 N–H and O–H groups in total. The second-order valence-corrected chi connectivity index (χ2v) is 5.71. The number of rotatable bonds is 4. The summed E-state index contributed by atoms with van der Waals surface area (Å²) < 4.78 is 0. The fourth-order valence-electron chi connectivity index (χ4n) is 3.33. The Hall–Kier alpha value is -0.0400. The van der Waals surface area contributed by atoms with E-state index in [9.17, 15) is 0 Å². The van der Waals surface area contributed by atoms with E-state index in [1.54, 1.807) is 0 Å². The van der Waals surface area contributed by atoms with Crippen LogP contribution in [0.25, 0.3) is 0 Å². The maximum atomic E-state index is 3.92. The van der Waals surface area contributed by atoms with Crippen molar-refractivity contribution in [1.82, 2.24) is 5.32 Å². The van der Waals surface area contributed by atoms with Crippen LogP contribution in [0.1, 0.15) is 65.2 Å². The highest BCUT2D eigenvalue weighted by Crippen LogP contribution is 2.32. The zero-order chi connectivity index (χ0) is 10.7. The van der Waals surface area contributed by atoms with Crippen molar-refractivity contribution in [2.45, 2.75) is 77.3 Å². The monoisotopic (exact) mass is 209 g/mol. The zero-order valence-electron chi connectivity index (χ0n) is 10.5. The molecule has 15 heavy (non-hydrogen) atoms. The van der Waals surface area contributed by atoms with Gasteiger partial charge in [0.25, 0.3) is 0 Å². The van der Waals surface area contributed by atoms with Crippen molar-refractivity contribution in [1.29, 1.82) is 0 Å². The molecule has 0 radical (unpaired) electrons. The molecule has 2 aliphatic carbocycles. The van der Waals surface area contributed by atoms with Crippen molar-refractivity contribution in [3.05, 3.63) is 0 Å². The van der Waals surface area contributed by atoms with Gasteiger partial charge in [-0.05, 0) is 44.4 Å². The molecule has 1 nitrogen and oxygen atoms in total. The Morgan fingerprint density at radius 1 is 1.07 bits per heavy atom. The molecule has 0 bridgehead atoms. The lowest BCUT2D eigenvalue weighted by atomic mass is 9.78. The fourth-order valence-corrected chi connectivity index (χ4v) is 3.33. The van der Waals surface area contributed by atoms with E-state index >= 15 is 0 Å². The molecule has 3 unspecified atom stereocenters. The highest BCUT2D eigenvalue weighted by molar-refractivity contribution is 4.86. The Morgan fingerprint density at radius 2 is 1.80 bits per heavy atom. The third-order valence-corrected chi connectivity index (χ3v) is 4.77. The SMILES string of the molecule is CCC1CCCCC1NC(C)C1CCC1. The number of hydrogen-bond donors (Lipinski definition) is 1. The van der Waals surface area contributed by atoms with Crippen LogP contribution in [0.2, 0.25) is 0 Å². The Labute approximate surface area is 95.0 Å². The van der Waals surface area contributed by atoms with Crippen LogP contribution in [0.15, 0.2) is 0 Å². The Morgan fingerprint density at radius 3 is 2.40 bits per heavy atom. The maximum Gasteiger partial charge on any atom is 0.00978 e. The van der Waals surface area contributed by atoms with Crippen LogP contribution in [0.3, 0.4) is 0 Å². The molecular formula is C14H27N. The molecule has 0 aliphatic heterocycles. The van der Waals surface area contributed by atoms with Gasteiger partial charge in [0.2, 0.25) is 0 Å². The third kappa shape index (κ3) is 2.75. The van der Waals surface area contributed by atoms with Gasteiger partial charge < -0.3 is 5.32 Å². The molecule has 0 spiro atoms. The van der Waals surface area contributed by atoms with Gasteiger partial charge >= 0.3 is 0 Å². The van der Waals surface area contributed by atoms with E-state index < -0.39 is 0 Å². The Kier molecular flexibility index (Phi) is 4.07. The van der Waals surface area contributed by atoms with E-state index in [1.807, 2.05) is 0 Å². The molecule has 2 fully saturated rings. The summed E-state index contributed by atoms with van der Waals surface area (Å²) in [5.41, 5.74) is 0. The van der Waals surface area contributed by atoms with Crippen molar-refractivity contribution in [2.75, 3.05) is 0 Å². The summed E-state index contributed by atoms with van der Waals surface area (Å²) in [6.07, 6.45) is 11.6. The predicted octanol–water partition coefficient (Wildman–Crippen LogP) is 3.73. The Bertz CT molecular complexity index is 186. The lowest BCUT2D eigenvalue weighted by molar-refractivity contribution is 0.179. The summed E-state index contributed by atoms with van der Waals surface area (Å²) in [7, 11) is 0. The van der Waals surface area contributed by atoms with E-state index in [2.05, 4.69) is 19.2 Å². The van der Waals surface area contributed by atoms with Gasteiger partial charge in [-0.1, -0.05) is 32.6 Å². The highest BCUT2D eigenvalue weighted by Gasteiger charge is 2.29. The number of hydrogen-bond acceptors (Lipinski definition) is 1. The smallest absolute Gasteiger partial charge is 0.00978 e. The molecule has 0 aromatic carbocycles. The van der Waals surface area contributed by atoms with E-state index in [0.717, 1.165) is 23.9 Å². The van der Waals surface area contributed by atoms with Gasteiger partial charge in [0.1, 0.15) is 0 Å². The molecule has 3 atom stereocenters. The first kappa shape index (κ1) is 11.4. The first-order valence-corrected chi connectivity index (χ1v) is 7.07. The number of nitrogens with one attached hydrogen (secondary N) is 1. The normalized spacial score (nSPS) is 34.8. The first-order valence-electron chi connectivity index (χ1n) is 7.07. The van der Waals surface area contributed by atoms with E-state index in [0.29, 0.717) is 0 Å². The molecule has 0 saturated heterocycles. The largest absolute Gasteiger partial charge is 0.311 e. The van der Waals surface area contributed by atoms with Gasteiger partial charge in [-0.2, -0.15) is 0 Å². The van der Waals surface area contributed by atoms with E-state index in [-0.39, 0.29) is 0 Å². The second-order valence-electron chi connectivity index (χ2n) is 5.71. The predicted molar refractivity (Wildman–Crippen MR) is 66.0 cm³/mol. The fraction of sp³-hybridized carbons (Fsp3) is 1.00. The van der Waals surface area contributed by atoms with Gasteiger partial charge in [-0.15, -0.1) is 0 Å². The van der Waals surface area contributed by atoms with Crippen molar-refractivity contribution in [3.63, 3.8) is 0 Å². The second kappa shape index (κ2) is 5.34. The van der Waals surface area contributed by atoms with Crippen molar-refractivity contribution < 1.29 is 0 Å². The van der Waals surface area contributed by atoms with Crippen LogP contribution >= 0.6 is 0 Å². The van der Waals surface area contributed by atoms with Crippen molar-refractivity contribution >= 4 is 0 Å². The molecule has 0 amide bonds. The molecule has 0 aromatic heterocycles. The van der Waals surface area contributed by atoms with Gasteiger partial charge in [-0.3, -0.25) is 0 Å². The zero-order valence-corrected chi connectivity index (χ0v) is 10.5. The summed E-state index contributed by atoms with van der Waals surface area (Å²) in [5.74, 6) is 1.95. The van der Waals surface area contributed by atoms with Gasteiger partial charge in [0.15, 0.2) is 0 Å². The van der Waals surface area contributed by atoms with Crippen LogP contribution in [-0.2, 0) is 0 Å². The summed E-state index contributed by atoms with van der Waals surface area (Å²) in [4.78, 5) is 0. The van der Waals surface area contributed by atoms with Crippen LogP contribution in [0.5, 0.6) is 0 Å². The molecule has 2 rings (SSSR count). The molecular weight excluding hydrogens is 182 g/mol. The average Bonchev–Trinajstić information content (AvgIpc) is 2.15. The minimum absolute atomic E-state index is 0.774. The molecule has 1 heteroatoms. The minimum Gasteiger partial charge on any atom is -0.311 e. The summed E-state index contributed by atoms with van der Waals surface area (Å²) in [5, 5.41) is 3.92. The quantitative estimate of drug-likeness (QED) is 0.744. The molecule has 88 valence electrons. The average molecular weight is 209 g/mol. The van der Waals surface area contributed by atoms with Crippen LogP contribution in [0.4, 0.5) is 0 Å². The van der Waals surface area contributed by atoms with Crippen LogP contribution in [-0.4, -0.2) is 12.1 Å². The molecule has 0 aromatic rings. The molecule has 2 saturated carbocycles. The van der Waals surface area contributed by atoms with Gasteiger partial charge in [0, 0.05) is 12.1 Å². The maximum absolute atomic E-state index is 3.92. The lowest BCUT2D eigenvalue weighted by Gasteiger charge is -2.39. The highest BCUT2D eigenvalue weighted by atomic mass is 15.0. The van der Waals surface area contributed by atoms with E-state index in [4.69, 9.17) is 0 Å². The summed E-state index contributed by atoms with van der Waals surface area (Å²) in [6.45, 7) is 4.77. The molecule has 2 aliphatic rings. The third-order valence-electron chi connectivity index (χ3n) is 4.77. The first-order chi connectivity index (χ1) is 7.31. The van der Waals surface area contributed by atoms with Crippen LogP contribution < -0.4 is 5.32 Å². The van der Waals surface area contributed by atoms with Crippen molar-refractivity contribution in [2.24, 2.45) is 11.8 Å². The van der Waals surface area contributed by atoms with Crippen LogP contribution in [0, 0.1) is 11.8 Å². The van der Waals surface area contributed by atoms with E-state index in [1.165, 1.54) is 51.4 Å². The minimum atomic E-state index is 0.774.